The van der Waals surface area contributed by atoms with Crippen LogP contribution < -0.4 is 0 Å². The molecule has 7 aromatic rings. The lowest BCUT2D eigenvalue weighted by molar-refractivity contribution is 0.420. The smallest absolute Gasteiger partial charge is 0.182 e. The van der Waals surface area contributed by atoms with Crippen LogP contribution in [0.25, 0.3) is 67.3 Å². The average Bonchev–Trinajstić information content (AvgIpc) is 3.91. The van der Waals surface area contributed by atoms with Crippen LogP contribution in [0.5, 0.6) is 0 Å². The lowest BCUT2D eigenvalue weighted by Crippen LogP contribution is -2.08. The van der Waals surface area contributed by atoms with E-state index in [0.717, 1.165) is 79.2 Å². The maximum atomic E-state index is 6.05. The Morgan fingerprint density at radius 3 is 1.98 bits per heavy atom. The van der Waals surface area contributed by atoms with E-state index in [-0.39, 0.29) is 0 Å². The Morgan fingerprint density at radius 2 is 1.24 bits per heavy atom. The molecule has 0 radical (unpaired) electrons. The molecular formula is C42H33N3O. The number of oxazole rings is 1. The third-order valence-electron chi connectivity index (χ3n) is 10.2. The summed E-state index contributed by atoms with van der Waals surface area (Å²) in [5.74, 6) is 3.26. The monoisotopic (exact) mass is 595 g/mol. The van der Waals surface area contributed by atoms with E-state index in [1.165, 1.54) is 31.2 Å². The van der Waals surface area contributed by atoms with Crippen LogP contribution in [-0.2, 0) is 0 Å². The van der Waals surface area contributed by atoms with Crippen molar-refractivity contribution < 1.29 is 4.42 Å². The van der Waals surface area contributed by atoms with E-state index >= 15 is 0 Å². The molecule has 0 saturated heterocycles. The van der Waals surface area contributed by atoms with Crippen LogP contribution in [0.3, 0.4) is 0 Å². The van der Waals surface area contributed by atoms with Crippen LogP contribution in [-0.4, -0.2) is 15.0 Å². The normalized spacial score (nSPS) is 18.7. The molecule has 0 spiro atoms. The third-order valence-corrected chi connectivity index (χ3v) is 10.2. The van der Waals surface area contributed by atoms with Gasteiger partial charge in [-0.3, -0.25) is 0 Å². The van der Waals surface area contributed by atoms with Crippen molar-refractivity contribution in [3.8, 4) is 56.2 Å². The highest BCUT2D eigenvalue weighted by Gasteiger charge is 2.40. The zero-order valence-electron chi connectivity index (χ0n) is 25.5. The number of nitrogens with zero attached hydrogens (tertiary/aromatic N) is 3. The summed E-state index contributed by atoms with van der Waals surface area (Å²) >= 11 is 0. The van der Waals surface area contributed by atoms with Crippen LogP contribution >= 0.6 is 0 Å². The number of benzene rings is 5. The maximum absolute atomic E-state index is 6.05. The van der Waals surface area contributed by atoms with Gasteiger partial charge in [0.05, 0.1) is 11.4 Å². The second-order valence-corrected chi connectivity index (χ2v) is 12.9. The molecule has 222 valence electrons. The average molecular weight is 596 g/mol. The Labute approximate surface area is 268 Å². The summed E-state index contributed by atoms with van der Waals surface area (Å²) in [6.45, 7) is 0. The largest absolute Gasteiger partial charge is 0.443 e. The number of hydrogen-bond donors (Lipinski definition) is 0. The first-order valence-corrected chi connectivity index (χ1v) is 16.3. The lowest BCUT2D eigenvalue weighted by atomic mass is 9.83. The molecule has 2 aliphatic carbocycles. The molecule has 0 N–H and O–H groups in total. The van der Waals surface area contributed by atoms with Gasteiger partial charge in [0.15, 0.2) is 17.8 Å². The molecule has 2 fully saturated rings. The van der Waals surface area contributed by atoms with Crippen LogP contribution in [0.2, 0.25) is 0 Å². The minimum Gasteiger partial charge on any atom is -0.443 e. The van der Waals surface area contributed by atoms with Gasteiger partial charge < -0.3 is 4.42 Å². The van der Waals surface area contributed by atoms with Gasteiger partial charge in [0.25, 0.3) is 0 Å². The summed E-state index contributed by atoms with van der Waals surface area (Å²) < 4.78 is 6.05. The van der Waals surface area contributed by atoms with Gasteiger partial charge in [-0.05, 0) is 71.9 Å². The summed E-state index contributed by atoms with van der Waals surface area (Å²) in [7, 11) is 0. The van der Waals surface area contributed by atoms with E-state index in [1.807, 2.05) is 36.4 Å². The van der Waals surface area contributed by atoms with Crippen molar-refractivity contribution in [3.63, 3.8) is 0 Å². The number of rotatable bonds is 6. The highest BCUT2D eigenvalue weighted by molar-refractivity contribution is 5.99. The van der Waals surface area contributed by atoms with Crippen molar-refractivity contribution >= 4 is 11.1 Å². The van der Waals surface area contributed by atoms with Gasteiger partial charge in [-0.25, -0.2) is 15.0 Å². The van der Waals surface area contributed by atoms with E-state index in [4.69, 9.17) is 19.4 Å². The molecule has 0 amide bonds. The third kappa shape index (κ3) is 4.82. The topological polar surface area (TPSA) is 51.8 Å². The Balaban J connectivity index is 1.08. The fourth-order valence-electron chi connectivity index (χ4n) is 7.89. The SMILES string of the molecule is c1ccc(-c2cc(-c3cccc(-c4ccc(-c5ccc(C6CC7CCC6C7)cc5)c5ocnc45)c3)nc(-c3ccccc3)n2)cc1. The fraction of sp³-hybridized carbons (Fsp3) is 0.167. The van der Waals surface area contributed by atoms with Crippen molar-refractivity contribution in [3.05, 3.63) is 139 Å². The molecule has 0 aliphatic heterocycles. The molecule has 4 nitrogen and oxygen atoms in total. The second kappa shape index (κ2) is 11.2. The predicted molar refractivity (Wildman–Crippen MR) is 185 cm³/mol. The quantitative estimate of drug-likeness (QED) is 0.192. The summed E-state index contributed by atoms with van der Waals surface area (Å²) in [5.41, 5.74) is 12.3. The molecule has 2 aliphatic rings. The summed E-state index contributed by atoms with van der Waals surface area (Å²) in [6.07, 6.45) is 7.18. The zero-order chi connectivity index (χ0) is 30.5. The fourth-order valence-corrected chi connectivity index (χ4v) is 7.89. The highest BCUT2D eigenvalue weighted by atomic mass is 16.3. The molecule has 5 aromatic carbocycles. The molecule has 3 unspecified atom stereocenters. The van der Waals surface area contributed by atoms with Gasteiger partial charge in [0.2, 0.25) is 0 Å². The Kier molecular flexibility index (Phi) is 6.59. The van der Waals surface area contributed by atoms with Crippen LogP contribution in [0.15, 0.2) is 138 Å². The minimum absolute atomic E-state index is 0.706. The van der Waals surface area contributed by atoms with Crippen molar-refractivity contribution in [2.24, 2.45) is 11.8 Å². The van der Waals surface area contributed by atoms with Gasteiger partial charge in [-0.2, -0.15) is 0 Å². The molecule has 2 bridgehead atoms. The molecular weight excluding hydrogens is 562 g/mol. The molecule has 9 rings (SSSR count). The molecule has 46 heavy (non-hydrogen) atoms. The van der Waals surface area contributed by atoms with Gasteiger partial charge in [-0.15, -0.1) is 0 Å². The Hall–Kier alpha value is -5.35. The van der Waals surface area contributed by atoms with Crippen molar-refractivity contribution in [1.82, 2.24) is 15.0 Å². The van der Waals surface area contributed by atoms with Crippen molar-refractivity contribution in [2.45, 2.75) is 31.6 Å². The van der Waals surface area contributed by atoms with Crippen molar-refractivity contribution in [2.75, 3.05) is 0 Å². The Bertz CT molecular complexity index is 2110. The number of aromatic nitrogens is 3. The summed E-state index contributed by atoms with van der Waals surface area (Å²) in [6, 6.07) is 44.6. The molecule has 2 saturated carbocycles. The van der Waals surface area contributed by atoms with Gasteiger partial charge in [0, 0.05) is 27.8 Å². The van der Waals surface area contributed by atoms with Crippen LogP contribution in [0.4, 0.5) is 0 Å². The van der Waals surface area contributed by atoms with Gasteiger partial charge in [-0.1, -0.05) is 116 Å². The standard InChI is InChI=1S/C42H33N3O/c1-3-8-30(9-4-1)38-25-39(45-42(44-38)31-10-5-2-6-11-31)34-13-7-12-32(24-34)35-20-21-36(41-40(35)43-26-46-41)28-16-18-29(19-17-28)37-23-27-14-15-33(37)22-27/h1-13,16-21,24-27,33,37H,14-15,22-23H2. The van der Waals surface area contributed by atoms with Gasteiger partial charge >= 0.3 is 0 Å². The van der Waals surface area contributed by atoms with E-state index < -0.39 is 0 Å². The number of hydrogen-bond acceptors (Lipinski definition) is 4. The first kappa shape index (κ1) is 27.0. The van der Waals surface area contributed by atoms with E-state index in [0.29, 0.717) is 5.82 Å². The predicted octanol–water partition coefficient (Wildman–Crippen LogP) is 10.9. The number of fused-ring (bicyclic) bond motifs is 3. The summed E-state index contributed by atoms with van der Waals surface area (Å²) in [5, 5.41) is 0. The van der Waals surface area contributed by atoms with Gasteiger partial charge in [0.1, 0.15) is 5.52 Å². The maximum Gasteiger partial charge on any atom is 0.182 e. The molecule has 3 atom stereocenters. The van der Waals surface area contributed by atoms with E-state index in [1.54, 1.807) is 6.39 Å². The first-order chi connectivity index (χ1) is 22.8. The van der Waals surface area contributed by atoms with Crippen LogP contribution in [0.1, 0.15) is 37.2 Å². The molecule has 2 heterocycles. The Morgan fingerprint density at radius 1 is 0.543 bits per heavy atom. The molecule has 2 aromatic heterocycles. The zero-order valence-corrected chi connectivity index (χ0v) is 25.5. The summed E-state index contributed by atoms with van der Waals surface area (Å²) in [4.78, 5) is 14.7. The van der Waals surface area contributed by atoms with E-state index in [2.05, 4.69) is 91.0 Å². The highest BCUT2D eigenvalue weighted by Crippen LogP contribution is 2.53. The second-order valence-electron chi connectivity index (χ2n) is 12.9. The van der Waals surface area contributed by atoms with E-state index in [9.17, 15) is 0 Å². The lowest BCUT2D eigenvalue weighted by Gasteiger charge is -2.22. The first-order valence-electron chi connectivity index (χ1n) is 16.3. The molecule has 4 heteroatoms. The minimum atomic E-state index is 0.706. The van der Waals surface area contributed by atoms with Crippen molar-refractivity contribution in [1.29, 1.82) is 0 Å². The van der Waals surface area contributed by atoms with Crippen LogP contribution in [0, 0.1) is 11.8 Å².